The first-order chi connectivity index (χ1) is 12.5. The van der Waals surface area contributed by atoms with Crippen molar-refractivity contribution < 1.29 is 23.5 Å². The number of nitrogens with zero attached hydrogens (tertiary/aromatic N) is 1. The summed E-state index contributed by atoms with van der Waals surface area (Å²) in [6, 6.07) is 8.90. The minimum Gasteiger partial charge on any atom is -0.492 e. The van der Waals surface area contributed by atoms with E-state index >= 15 is 0 Å². The molecular formula is C18H17ClN2O5. The number of halogens is 1. The first-order valence-corrected chi connectivity index (χ1v) is 8.14. The molecule has 0 aliphatic rings. The number of benzene rings is 1. The van der Waals surface area contributed by atoms with E-state index in [1.807, 2.05) is 6.07 Å². The lowest BCUT2D eigenvalue weighted by Gasteiger charge is -2.07. The molecule has 0 atom stereocenters. The summed E-state index contributed by atoms with van der Waals surface area (Å²) in [4.78, 5) is 23.8. The number of aryl methyl sites for hydroxylation is 1. The molecule has 2 rings (SSSR count). The summed E-state index contributed by atoms with van der Waals surface area (Å²) in [5.41, 5.74) is -0.0534. The topological polar surface area (TPSA) is 102 Å². The third kappa shape index (κ3) is 4.55. The van der Waals surface area contributed by atoms with Gasteiger partial charge in [0.05, 0.1) is 18.7 Å². The average Bonchev–Trinajstić information content (AvgIpc) is 2.94. The van der Waals surface area contributed by atoms with Gasteiger partial charge in [0.15, 0.2) is 0 Å². The molecule has 0 fully saturated rings. The van der Waals surface area contributed by atoms with Crippen molar-refractivity contribution >= 4 is 29.4 Å². The van der Waals surface area contributed by atoms with Gasteiger partial charge in [0, 0.05) is 6.42 Å². The van der Waals surface area contributed by atoms with E-state index < -0.39 is 5.97 Å². The first-order valence-electron chi connectivity index (χ1n) is 7.77. The van der Waals surface area contributed by atoms with Crippen LogP contribution >= 0.6 is 11.6 Å². The molecule has 0 spiro atoms. The van der Waals surface area contributed by atoms with Gasteiger partial charge in [-0.1, -0.05) is 23.7 Å². The van der Waals surface area contributed by atoms with Crippen LogP contribution in [0.3, 0.4) is 0 Å². The number of esters is 1. The molecule has 2 aromatic rings. The Balaban J connectivity index is 1.91. The first kappa shape index (κ1) is 19.3. The van der Waals surface area contributed by atoms with Crippen molar-refractivity contribution in [2.75, 3.05) is 19.0 Å². The summed E-state index contributed by atoms with van der Waals surface area (Å²) in [6.45, 7) is 1.81. The molecule has 1 aromatic carbocycles. The molecule has 0 unspecified atom stereocenters. The zero-order valence-corrected chi connectivity index (χ0v) is 15.1. The molecule has 0 saturated heterocycles. The quantitative estimate of drug-likeness (QED) is 0.584. The van der Waals surface area contributed by atoms with Crippen LogP contribution in [0.1, 0.15) is 34.5 Å². The Morgan fingerprint density at radius 3 is 2.73 bits per heavy atom. The highest BCUT2D eigenvalue weighted by Crippen LogP contribution is 2.27. The molecule has 0 aliphatic carbocycles. The van der Waals surface area contributed by atoms with E-state index in [0.717, 1.165) is 0 Å². The highest BCUT2D eigenvalue weighted by molar-refractivity contribution is 6.32. The number of methoxy groups -OCH3 is 1. The number of ether oxygens (including phenoxy) is 2. The molecule has 26 heavy (non-hydrogen) atoms. The molecule has 1 aromatic heterocycles. The third-order valence-corrected chi connectivity index (χ3v) is 3.79. The average molecular weight is 377 g/mol. The number of para-hydroxylation sites is 1. The minimum absolute atomic E-state index is 0.00681. The van der Waals surface area contributed by atoms with Crippen LogP contribution in [-0.2, 0) is 9.53 Å². The van der Waals surface area contributed by atoms with Crippen LogP contribution in [0, 0.1) is 18.3 Å². The van der Waals surface area contributed by atoms with E-state index in [1.54, 1.807) is 24.3 Å². The second-order valence-corrected chi connectivity index (χ2v) is 5.68. The van der Waals surface area contributed by atoms with Crippen molar-refractivity contribution in [2.24, 2.45) is 0 Å². The van der Waals surface area contributed by atoms with E-state index in [1.165, 1.54) is 14.0 Å². The van der Waals surface area contributed by atoms with Gasteiger partial charge >= 0.3 is 5.97 Å². The van der Waals surface area contributed by atoms with Crippen LogP contribution in [0.2, 0.25) is 5.02 Å². The van der Waals surface area contributed by atoms with Gasteiger partial charge < -0.3 is 13.9 Å². The molecule has 0 saturated carbocycles. The van der Waals surface area contributed by atoms with Crippen molar-refractivity contribution in [1.82, 2.24) is 0 Å². The number of hydrogen-bond acceptors (Lipinski definition) is 6. The molecule has 1 N–H and O–H groups in total. The lowest BCUT2D eigenvalue weighted by Crippen LogP contribution is -2.13. The van der Waals surface area contributed by atoms with E-state index in [2.05, 4.69) is 10.1 Å². The lowest BCUT2D eigenvalue weighted by atomic mass is 10.1. The molecule has 0 aliphatic heterocycles. The largest absolute Gasteiger partial charge is 0.492 e. The summed E-state index contributed by atoms with van der Waals surface area (Å²) in [7, 11) is 1.20. The SMILES string of the molecule is COC(=O)c1c(C)oc(NC(=O)CCCOc2ccccc2Cl)c1C#N. The van der Waals surface area contributed by atoms with Gasteiger partial charge in [-0.3, -0.25) is 10.1 Å². The highest BCUT2D eigenvalue weighted by Gasteiger charge is 2.25. The van der Waals surface area contributed by atoms with Gasteiger partial charge in [-0.15, -0.1) is 0 Å². The summed E-state index contributed by atoms with van der Waals surface area (Å²) in [5, 5.41) is 12.2. The number of anilines is 1. The second-order valence-electron chi connectivity index (χ2n) is 5.27. The van der Waals surface area contributed by atoms with E-state index in [4.69, 9.17) is 20.8 Å². The van der Waals surface area contributed by atoms with Crippen molar-refractivity contribution in [1.29, 1.82) is 5.26 Å². The molecule has 136 valence electrons. The third-order valence-electron chi connectivity index (χ3n) is 3.48. The van der Waals surface area contributed by atoms with Crippen LogP contribution in [0.15, 0.2) is 28.7 Å². The summed E-state index contributed by atoms with van der Waals surface area (Å²) < 4.78 is 15.4. The maximum absolute atomic E-state index is 12.0. The fraction of sp³-hybridized carbons (Fsp3) is 0.278. The zero-order valence-electron chi connectivity index (χ0n) is 14.3. The predicted molar refractivity (Wildman–Crippen MR) is 94.3 cm³/mol. The van der Waals surface area contributed by atoms with E-state index in [0.29, 0.717) is 23.8 Å². The van der Waals surface area contributed by atoms with Gasteiger partial charge in [-0.25, -0.2) is 4.79 Å². The molecule has 0 radical (unpaired) electrons. The number of rotatable bonds is 7. The van der Waals surface area contributed by atoms with Crippen LogP contribution < -0.4 is 10.1 Å². The van der Waals surface area contributed by atoms with Gasteiger partial charge in [-0.2, -0.15) is 5.26 Å². The fourth-order valence-electron chi connectivity index (χ4n) is 2.25. The number of carbonyl (C=O) groups excluding carboxylic acids is 2. The normalized spacial score (nSPS) is 10.1. The highest BCUT2D eigenvalue weighted by atomic mass is 35.5. The Bertz CT molecular complexity index is 854. The number of hydrogen-bond donors (Lipinski definition) is 1. The van der Waals surface area contributed by atoms with E-state index in [9.17, 15) is 14.9 Å². The van der Waals surface area contributed by atoms with Crippen molar-refractivity contribution in [3.05, 3.63) is 46.2 Å². The molecule has 1 heterocycles. The summed E-state index contributed by atoms with van der Waals surface area (Å²) >= 11 is 5.98. The Morgan fingerprint density at radius 2 is 2.08 bits per heavy atom. The fourth-order valence-corrected chi connectivity index (χ4v) is 2.44. The standard InChI is InChI=1S/C18H17ClN2O5/c1-11-16(18(23)24-2)12(10-20)17(26-11)21-15(22)8-5-9-25-14-7-4-3-6-13(14)19/h3-4,6-7H,5,8-9H2,1-2H3,(H,21,22). The van der Waals surface area contributed by atoms with Crippen LogP contribution in [0.5, 0.6) is 5.75 Å². The predicted octanol–water partition coefficient (Wildman–Crippen LogP) is 3.70. The lowest BCUT2D eigenvalue weighted by molar-refractivity contribution is -0.116. The molecule has 7 nitrogen and oxygen atoms in total. The summed E-state index contributed by atoms with van der Waals surface area (Å²) in [5.74, 6) is -0.384. The Labute approximate surface area is 155 Å². The Hall–Kier alpha value is -2.98. The number of carbonyl (C=O) groups is 2. The molecule has 0 bridgehead atoms. The Morgan fingerprint density at radius 1 is 1.35 bits per heavy atom. The Kier molecular flexibility index (Phi) is 6.64. The monoisotopic (exact) mass is 376 g/mol. The van der Waals surface area contributed by atoms with Crippen LogP contribution in [0.4, 0.5) is 5.88 Å². The number of amides is 1. The second kappa shape index (κ2) is 8.92. The van der Waals surface area contributed by atoms with Gasteiger partial charge in [0.1, 0.15) is 28.7 Å². The van der Waals surface area contributed by atoms with Crippen molar-refractivity contribution in [3.63, 3.8) is 0 Å². The molecule has 8 heteroatoms. The number of nitriles is 1. The van der Waals surface area contributed by atoms with Crippen molar-refractivity contribution in [3.8, 4) is 11.8 Å². The summed E-state index contributed by atoms with van der Waals surface area (Å²) in [6.07, 6.45) is 0.575. The maximum Gasteiger partial charge on any atom is 0.342 e. The number of nitrogens with one attached hydrogen (secondary N) is 1. The van der Waals surface area contributed by atoms with Gasteiger partial charge in [0.25, 0.3) is 0 Å². The zero-order chi connectivity index (χ0) is 19.1. The van der Waals surface area contributed by atoms with Gasteiger partial charge in [0.2, 0.25) is 11.8 Å². The van der Waals surface area contributed by atoms with E-state index in [-0.39, 0.29) is 35.1 Å². The van der Waals surface area contributed by atoms with Crippen molar-refractivity contribution in [2.45, 2.75) is 19.8 Å². The van der Waals surface area contributed by atoms with Crippen LogP contribution in [0.25, 0.3) is 0 Å². The smallest absolute Gasteiger partial charge is 0.342 e. The molecule has 1 amide bonds. The van der Waals surface area contributed by atoms with Gasteiger partial charge in [-0.05, 0) is 25.5 Å². The molecular weight excluding hydrogens is 360 g/mol. The number of furan rings is 1. The minimum atomic E-state index is -0.698. The van der Waals surface area contributed by atoms with Crippen LogP contribution in [-0.4, -0.2) is 25.6 Å². The maximum atomic E-state index is 12.0.